The van der Waals surface area contributed by atoms with E-state index in [-0.39, 0.29) is 0 Å². The van der Waals surface area contributed by atoms with Crippen LogP contribution in [-0.2, 0) is 4.79 Å². The van der Waals surface area contributed by atoms with E-state index in [1.807, 2.05) is 0 Å². The molecule has 0 aromatic rings. The van der Waals surface area contributed by atoms with Gasteiger partial charge in [0.2, 0.25) is 0 Å². The smallest absolute Gasteiger partial charge is 0.142 e. The van der Waals surface area contributed by atoms with Crippen LogP contribution in [0.1, 0.15) is 65.2 Å². The van der Waals surface area contributed by atoms with E-state index in [9.17, 15) is 4.79 Å². The molecule has 0 amide bonds. The van der Waals surface area contributed by atoms with Gasteiger partial charge in [-0.2, -0.15) is 0 Å². The van der Waals surface area contributed by atoms with Gasteiger partial charge < -0.3 is 0 Å². The van der Waals surface area contributed by atoms with Crippen molar-refractivity contribution in [2.75, 3.05) is 0 Å². The van der Waals surface area contributed by atoms with Crippen molar-refractivity contribution >= 4 is 6.29 Å². The van der Waals surface area contributed by atoms with Gasteiger partial charge in [-0.05, 0) is 24.8 Å². The van der Waals surface area contributed by atoms with Crippen LogP contribution < -0.4 is 0 Å². The topological polar surface area (TPSA) is 17.1 Å². The van der Waals surface area contributed by atoms with Gasteiger partial charge in [-0.15, -0.1) is 0 Å². The molecule has 0 aliphatic rings. The van der Waals surface area contributed by atoms with Crippen LogP contribution in [0.4, 0.5) is 0 Å². The third kappa shape index (κ3) is 9.71. The fourth-order valence-electron chi connectivity index (χ4n) is 1.84. The summed E-state index contributed by atoms with van der Waals surface area (Å²) in [7, 11) is 0. The Labute approximate surface area is 95.0 Å². The highest BCUT2D eigenvalue weighted by molar-refractivity contribution is 5.64. The van der Waals surface area contributed by atoms with E-state index in [1.165, 1.54) is 51.4 Å². The van der Waals surface area contributed by atoms with Crippen molar-refractivity contribution in [2.45, 2.75) is 65.2 Å². The number of unbranched alkanes of at least 4 members (excludes halogenated alkanes) is 4. The third-order valence-electron chi connectivity index (χ3n) is 2.82. The lowest BCUT2D eigenvalue weighted by Crippen LogP contribution is -1.97. The molecule has 1 heteroatoms. The van der Waals surface area contributed by atoms with Gasteiger partial charge in [-0.3, -0.25) is 4.79 Å². The molecule has 0 heterocycles. The van der Waals surface area contributed by atoms with Crippen molar-refractivity contribution in [2.24, 2.45) is 5.92 Å². The number of aldehydes is 1. The number of rotatable bonds is 10. The van der Waals surface area contributed by atoms with Crippen LogP contribution >= 0.6 is 0 Å². The average molecular weight is 210 g/mol. The summed E-state index contributed by atoms with van der Waals surface area (Å²) in [5.41, 5.74) is 0. The maximum absolute atomic E-state index is 10.3. The molecule has 0 aliphatic heterocycles. The first-order valence-electron chi connectivity index (χ1n) is 6.47. The second-order valence-electron chi connectivity index (χ2n) is 4.27. The Balaban J connectivity index is 3.68. The van der Waals surface area contributed by atoms with Gasteiger partial charge in [0.1, 0.15) is 6.29 Å². The lowest BCUT2D eigenvalue weighted by molar-refractivity contribution is -0.104. The zero-order valence-electron chi connectivity index (χ0n) is 10.4. The van der Waals surface area contributed by atoms with Gasteiger partial charge in [-0.1, -0.05) is 58.4 Å². The molecule has 0 aliphatic carbocycles. The predicted molar refractivity (Wildman–Crippen MR) is 67.0 cm³/mol. The summed E-state index contributed by atoms with van der Waals surface area (Å²) in [6, 6.07) is 0. The molecular weight excluding hydrogens is 184 g/mol. The lowest BCUT2D eigenvalue weighted by Gasteiger charge is -2.11. The summed E-state index contributed by atoms with van der Waals surface area (Å²) in [6.07, 6.45) is 15.0. The van der Waals surface area contributed by atoms with Crippen LogP contribution in [-0.4, -0.2) is 6.29 Å². The van der Waals surface area contributed by atoms with E-state index in [0.29, 0.717) is 5.92 Å². The first-order valence-corrected chi connectivity index (χ1v) is 6.47. The van der Waals surface area contributed by atoms with Crippen molar-refractivity contribution in [1.82, 2.24) is 0 Å². The minimum absolute atomic E-state index is 0.631. The van der Waals surface area contributed by atoms with Crippen LogP contribution in [0.3, 0.4) is 0 Å². The van der Waals surface area contributed by atoms with Gasteiger partial charge in [0.05, 0.1) is 0 Å². The summed E-state index contributed by atoms with van der Waals surface area (Å²) in [4.78, 5) is 10.3. The summed E-state index contributed by atoms with van der Waals surface area (Å²) in [5.74, 6) is 0.631. The van der Waals surface area contributed by atoms with Crippen molar-refractivity contribution in [3.63, 3.8) is 0 Å². The molecule has 0 saturated carbocycles. The highest BCUT2D eigenvalue weighted by atomic mass is 16.1. The van der Waals surface area contributed by atoms with E-state index in [1.54, 1.807) is 6.08 Å². The Morgan fingerprint density at radius 3 is 2.20 bits per heavy atom. The molecule has 0 saturated heterocycles. The Hall–Kier alpha value is -0.590. The molecular formula is C14H26O. The normalized spacial score (nSPS) is 13.2. The standard InChI is InChI=1S/C14H26O/c1-3-5-7-8-11-14(10-6-4-2)12-9-13-15/h9,12-14H,3-8,10-11H2,1-2H3. The minimum atomic E-state index is 0.631. The van der Waals surface area contributed by atoms with Gasteiger partial charge in [0, 0.05) is 0 Å². The van der Waals surface area contributed by atoms with Crippen LogP contribution in [0.25, 0.3) is 0 Å². The molecule has 0 aromatic heterocycles. The molecule has 0 spiro atoms. The molecule has 15 heavy (non-hydrogen) atoms. The van der Waals surface area contributed by atoms with Crippen LogP contribution in [0.2, 0.25) is 0 Å². The molecule has 1 atom stereocenters. The highest BCUT2D eigenvalue weighted by Gasteiger charge is 2.03. The highest BCUT2D eigenvalue weighted by Crippen LogP contribution is 2.18. The van der Waals surface area contributed by atoms with Gasteiger partial charge >= 0.3 is 0 Å². The zero-order valence-corrected chi connectivity index (χ0v) is 10.4. The van der Waals surface area contributed by atoms with E-state index < -0.39 is 0 Å². The van der Waals surface area contributed by atoms with Crippen LogP contribution in [0.5, 0.6) is 0 Å². The second kappa shape index (κ2) is 11.5. The third-order valence-corrected chi connectivity index (χ3v) is 2.82. The number of hydrogen-bond acceptors (Lipinski definition) is 1. The summed E-state index contributed by atoms with van der Waals surface area (Å²) in [6.45, 7) is 4.46. The quantitative estimate of drug-likeness (QED) is 0.294. The fraction of sp³-hybridized carbons (Fsp3) is 0.786. The molecule has 0 aromatic carbocycles. The zero-order chi connectivity index (χ0) is 11.4. The van der Waals surface area contributed by atoms with Crippen molar-refractivity contribution in [3.05, 3.63) is 12.2 Å². The Morgan fingerprint density at radius 2 is 1.60 bits per heavy atom. The Morgan fingerprint density at radius 1 is 0.933 bits per heavy atom. The van der Waals surface area contributed by atoms with Gasteiger partial charge in [-0.25, -0.2) is 0 Å². The Kier molecular flexibility index (Phi) is 11.0. The summed E-state index contributed by atoms with van der Waals surface area (Å²) >= 11 is 0. The number of carbonyl (C=O) groups excluding carboxylic acids is 1. The summed E-state index contributed by atoms with van der Waals surface area (Å²) < 4.78 is 0. The van der Waals surface area contributed by atoms with E-state index >= 15 is 0 Å². The van der Waals surface area contributed by atoms with E-state index in [2.05, 4.69) is 19.9 Å². The first-order chi connectivity index (χ1) is 7.35. The van der Waals surface area contributed by atoms with Crippen molar-refractivity contribution in [3.8, 4) is 0 Å². The molecule has 0 radical (unpaired) electrons. The molecule has 0 bridgehead atoms. The molecule has 0 N–H and O–H groups in total. The van der Waals surface area contributed by atoms with Crippen LogP contribution in [0, 0.1) is 5.92 Å². The lowest BCUT2D eigenvalue weighted by atomic mass is 9.95. The van der Waals surface area contributed by atoms with E-state index in [4.69, 9.17) is 0 Å². The monoisotopic (exact) mass is 210 g/mol. The van der Waals surface area contributed by atoms with E-state index in [0.717, 1.165) is 6.29 Å². The SMILES string of the molecule is CCCCCCC(C=CC=O)CCCC. The van der Waals surface area contributed by atoms with Crippen molar-refractivity contribution in [1.29, 1.82) is 0 Å². The predicted octanol–water partition coefficient (Wildman–Crippen LogP) is 4.52. The molecule has 88 valence electrons. The largest absolute Gasteiger partial charge is 0.299 e. The average Bonchev–Trinajstić information content (AvgIpc) is 2.27. The Bertz CT molecular complexity index is 161. The molecule has 1 nitrogen and oxygen atoms in total. The minimum Gasteiger partial charge on any atom is -0.299 e. The van der Waals surface area contributed by atoms with Gasteiger partial charge in [0.25, 0.3) is 0 Å². The van der Waals surface area contributed by atoms with Crippen LogP contribution in [0.15, 0.2) is 12.2 Å². The second-order valence-corrected chi connectivity index (χ2v) is 4.27. The number of allylic oxidation sites excluding steroid dienone is 2. The fourth-order valence-corrected chi connectivity index (χ4v) is 1.84. The summed E-state index contributed by atoms with van der Waals surface area (Å²) in [5, 5.41) is 0. The number of carbonyl (C=O) groups is 1. The number of hydrogen-bond donors (Lipinski definition) is 0. The first kappa shape index (κ1) is 14.4. The van der Waals surface area contributed by atoms with Crippen molar-refractivity contribution < 1.29 is 4.79 Å². The van der Waals surface area contributed by atoms with Gasteiger partial charge in [0.15, 0.2) is 0 Å². The molecule has 0 fully saturated rings. The maximum Gasteiger partial charge on any atom is 0.142 e. The maximum atomic E-state index is 10.3. The molecule has 0 rings (SSSR count). The molecule has 1 unspecified atom stereocenters.